The Bertz CT molecular complexity index is 715. The van der Waals surface area contributed by atoms with Crippen molar-refractivity contribution >= 4 is 41.8 Å². The number of piperazine rings is 1. The smallest absolute Gasteiger partial charge is 0.256 e. The number of aromatic nitrogens is 3. The summed E-state index contributed by atoms with van der Waals surface area (Å²) in [5.41, 5.74) is 3.19. The number of carbonyl (C=O) groups is 1. The van der Waals surface area contributed by atoms with Crippen LogP contribution in [0.4, 0.5) is 0 Å². The largest absolute Gasteiger partial charge is 0.333 e. The van der Waals surface area contributed by atoms with Crippen molar-refractivity contribution in [2.75, 3.05) is 19.6 Å². The maximum atomic E-state index is 12.8. The molecule has 1 amide bonds. The van der Waals surface area contributed by atoms with Crippen LogP contribution >= 0.6 is 24.8 Å². The number of amides is 1. The van der Waals surface area contributed by atoms with Crippen molar-refractivity contribution in [1.82, 2.24) is 25.0 Å². The molecular weight excluding hydrogens is 337 g/mol. The van der Waals surface area contributed by atoms with Gasteiger partial charge < -0.3 is 10.2 Å². The zero-order chi connectivity index (χ0) is 15.1. The van der Waals surface area contributed by atoms with Crippen LogP contribution in [0.25, 0.3) is 11.0 Å². The van der Waals surface area contributed by atoms with Crippen molar-refractivity contribution < 1.29 is 4.79 Å². The highest BCUT2D eigenvalue weighted by Crippen LogP contribution is 2.21. The van der Waals surface area contributed by atoms with Crippen LogP contribution in [0.15, 0.2) is 6.07 Å². The van der Waals surface area contributed by atoms with Gasteiger partial charge in [0, 0.05) is 38.1 Å². The molecule has 6 nitrogen and oxygen atoms in total. The molecule has 1 saturated heterocycles. The summed E-state index contributed by atoms with van der Waals surface area (Å²) in [4.78, 5) is 19.3. The Hall–Kier alpha value is -1.37. The van der Waals surface area contributed by atoms with Crippen molar-refractivity contribution in [2.45, 2.75) is 26.8 Å². The van der Waals surface area contributed by atoms with Gasteiger partial charge >= 0.3 is 0 Å². The highest BCUT2D eigenvalue weighted by atomic mass is 35.5. The quantitative estimate of drug-likeness (QED) is 0.843. The number of hydrogen-bond donors (Lipinski definition) is 1. The van der Waals surface area contributed by atoms with Crippen molar-refractivity contribution in [3.63, 3.8) is 0 Å². The van der Waals surface area contributed by atoms with E-state index in [0.29, 0.717) is 5.56 Å². The Morgan fingerprint density at radius 3 is 2.65 bits per heavy atom. The van der Waals surface area contributed by atoms with Crippen molar-refractivity contribution in [1.29, 1.82) is 0 Å². The number of aryl methyl sites for hydroxylation is 3. The number of carbonyl (C=O) groups excluding carboxylic acids is 1. The van der Waals surface area contributed by atoms with Gasteiger partial charge in [-0.2, -0.15) is 5.10 Å². The molecule has 2 aromatic heterocycles. The number of rotatable bonds is 1. The van der Waals surface area contributed by atoms with E-state index in [9.17, 15) is 4.79 Å². The molecule has 0 unspecified atom stereocenters. The monoisotopic (exact) mass is 359 g/mol. The number of hydrogen-bond acceptors (Lipinski definition) is 4. The first-order valence-corrected chi connectivity index (χ1v) is 7.31. The fourth-order valence-corrected chi connectivity index (χ4v) is 2.95. The summed E-state index contributed by atoms with van der Waals surface area (Å²) in [6.45, 7) is 8.33. The Balaban J connectivity index is 0.00000132. The number of fused-ring (bicyclic) bond motifs is 1. The molecule has 2 aromatic rings. The van der Waals surface area contributed by atoms with Crippen LogP contribution in [0.3, 0.4) is 0 Å². The van der Waals surface area contributed by atoms with E-state index in [2.05, 4.69) is 22.3 Å². The molecule has 0 radical (unpaired) electrons. The minimum atomic E-state index is 0. The SMILES string of the molecule is Cc1nc2c(cc1C(=O)N1CCNC[C@H]1C)c(C)nn2C.Cl.Cl. The Morgan fingerprint density at radius 2 is 2.00 bits per heavy atom. The van der Waals surface area contributed by atoms with Gasteiger partial charge in [-0.05, 0) is 26.8 Å². The second-order valence-electron chi connectivity index (χ2n) is 5.75. The number of pyridine rings is 1. The molecule has 1 N–H and O–H groups in total. The van der Waals surface area contributed by atoms with Crippen LogP contribution < -0.4 is 5.32 Å². The molecule has 0 saturated carbocycles. The van der Waals surface area contributed by atoms with Gasteiger partial charge in [0.1, 0.15) is 0 Å². The van der Waals surface area contributed by atoms with Gasteiger partial charge in [0.2, 0.25) is 0 Å². The predicted molar refractivity (Wildman–Crippen MR) is 95.8 cm³/mol. The van der Waals surface area contributed by atoms with E-state index in [1.165, 1.54) is 0 Å². The maximum absolute atomic E-state index is 12.8. The average Bonchev–Trinajstić information content (AvgIpc) is 2.72. The third-order valence-corrected chi connectivity index (χ3v) is 4.18. The van der Waals surface area contributed by atoms with Crippen LogP contribution in [0.1, 0.15) is 28.7 Å². The Labute approximate surface area is 148 Å². The van der Waals surface area contributed by atoms with Crippen molar-refractivity contribution in [2.24, 2.45) is 7.05 Å². The minimum absolute atomic E-state index is 0. The molecule has 0 aromatic carbocycles. The van der Waals surface area contributed by atoms with Crippen LogP contribution in [0.2, 0.25) is 0 Å². The fourth-order valence-electron chi connectivity index (χ4n) is 2.95. The van der Waals surface area contributed by atoms with E-state index in [0.717, 1.165) is 42.1 Å². The van der Waals surface area contributed by atoms with Gasteiger partial charge in [-0.3, -0.25) is 9.48 Å². The first kappa shape index (κ1) is 19.7. The van der Waals surface area contributed by atoms with E-state index in [1.807, 2.05) is 31.9 Å². The van der Waals surface area contributed by atoms with E-state index in [-0.39, 0.29) is 36.8 Å². The molecule has 3 heterocycles. The third-order valence-electron chi connectivity index (χ3n) is 4.18. The van der Waals surface area contributed by atoms with E-state index >= 15 is 0 Å². The second-order valence-corrected chi connectivity index (χ2v) is 5.75. The molecule has 0 aliphatic carbocycles. The lowest BCUT2D eigenvalue weighted by molar-refractivity contribution is 0.0654. The summed E-state index contributed by atoms with van der Waals surface area (Å²) in [7, 11) is 1.88. The van der Waals surface area contributed by atoms with Gasteiger partial charge in [0.25, 0.3) is 5.91 Å². The van der Waals surface area contributed by atoms with Crippen LogP contribution in [0.5, 0.6) is 0 Å². The van der Waals surface area contributed by atoms with Crippen molar-refractivity contribution in [3.8, 4) is 0 Å². The molecule has 1 atom stereocenters. The molecule has 1 aliphatic heterocycles. The van der Waals surface area contributed by atoms with Gasteiger partial charge in [0.15, 0.2) is 5.65 Å². The zero-order valence-corrected chi connectivity index (χ0v) is 15.4. The standard InChI is InChI=1S/C15H21N5O.2ClH/c1-9-8-16-5-6-20(9)15(21)13-7-12-11(3)18-19(4)14(12)17-10(13)2;;/h7,9,16H,5-6,8H2,1-4H3;2*1H/t9-;;/m1../s1. The predicted octanol–water partition coefficient (Wildman–Crippen LogP) is 1.86. The number of nitrogens with one attached hydrogen (secondary N) is 1. The molecule has 3 rings (SSSR count). The highest BCUT2D eigenvalue weighted by Gasteiger charge is 2.26. The molecule has 0 bridgehead atoms. The first-order valence-electron chi connectivity index (χ1n) is 7.31. The molecule has 128 valence electrons. The van der Waals surface area contributed by atoms with E-state index in [4.69, 9.17) is 0 Å². The summed E-state index contributed by atoms with van der Waals surface area (Å²) in [6, 6.07) is 2.15. The number of halogens is 2. The van der Waals surface area contributed by atoms with E-state index < -0.39 is 0 Å². The molecule has 1 aliphatic rings. The van der Waals surface area contributed by atoms with Gasteiger partial charge in [-0.25, -0.2) is 4.98 Å². The highest BCUT2D eigenvalue weighted by molar-refractivity contribution is 5.98. The third kappa shape index (κ3) is 3.44. The van der Waals surface area contributed by atoms with Gasteiger partial charge in [-0.15, -0.1) is 24.8 Å². The van der Waals surface area contributed by atoms with Gasteiger partial charge in [0.05, 0.1) is 17.0 Å². The Kier molecular flexibility index (Phi) is 6.39. The van der Waals surface area contributed by atoms with Crippen LogP contribution in [-0.4, -0.2) is 51.2 Å². The summed E-state index contributed by atoms with van der Waals surface area (Å²) in [5.74, 6) is 0.0687. The summed E-state index contributed by atoms with van der Waals surface area (Å²) in [6.07, 6.45) is 0. The fraction of sp³-hybridized carbons (Fsp3) is 0.533. The second kappa shape index (κ2) is 7.47. The Morgan fingerprint density at radius 1 is 1.30 bits per heavy atom. The lowest BCUT2D eigenvalue weighted by Crippen LogP contribution is -2.52. The lowest BCUT2D eigenvalue weighted by Gasteiger charge is -2.34. The zero-order valence-electron chi connectivity index (χ0n) is 13.8. The molecule has 8 heteroatoms. The topological polar surface area (TPSA) is 63.1 Å². The first-order chi connectivity index (χ1) is 9.99. The van der Waals surface area contributed by atoms with Crippen molar-refractivity contribution in [3.05, 3.63) is 23.0 Å². The number of nitrogens with zero attached hydrogens (tertiary/aromatic N) is 4. The van der Waals surface area contributed by atoms with E-state index in [1.54, 1.807) is 4.68 Å². The summed E-state index contributed by atoms with van der Waals surface area (Å²) in [5, 5.41) is 8.64. The minimum Gasteiger partial charge on any atom is -0.333 e. The molecule has 23 heavy (non-hydrogen) atoms. The van der Waals surface area contributed by atoms with Gasteiger partial charge in [-0.1, -0.05) is 0 Å². The van der Waals surface area contributed by atoms with Crippen LogP contribution in [-0.2, 0) is 7.05 Å². The normalized spacial score (nSPS) is 17.6. The molecule has 1 fully saturated rings. The average molecular weight is 360 g/mol. The maximum Gasteiger partial charge on any atom is 0.256 e. The molecule has 0 spiro atoms. The lowest BCUT2D eigenvalue weighted by atomic mass is 10.1. The summed E-state index contributed by atoms with van der Waals surface area (Å²) < 4.78 is 1.76. The molecular formula is C15H23Cl2N5O. The van der Waals surface area contributed by atoms with Crippen LogP contribution in [0, 0.1) is 13.8 Å². The summed E-state index contributed by atoms with van der Waals surface area (Å²) >= 11 is 0.